The molecule has 0 aliphatic heterocycles. The highest BCUT2D eigenvalue weighted by molar-refractivity contribution is 6.74. The molecule has 1 aliphatic carbocycles. The van der Waals surface area contributed by atoms with Crippen LogP contribution in [0.3, 0.4) is 0 Å². The molecular weight excluding hydrogens is 328 g/mol. The van der Waals surface area contributed by atoms with Crippen molar-refractivity contribution in [3.63, 3.8) is 0 Å². The molecule has 0 radical (unpaired) electrons. The number of hydrogen-bond acceptors (Lipinski definition) is 4. The molecule has 1 amide bonds. The lowest BCUT2D eigenvalue weighted by molar-refractivity contribution is 0.0470. The van der Waals surface area contributed by atoms with E-state index in [-0.39, 0.29) is 24.1 Å². The predicted molar refractivity (Wildman–Crippen MR) is 94.3 cm³/mol. The summed E-state index contributed by atoms with van der Waals surface area (Å²) in [4.78, 5) is 14.0. The first-order valence-electron chi connectivity index (χ1n) is 8.32. The molecule has 0 aromatic carbocycles. The van der Waals surface area contributed by atoms with Crippen LogP contribution in [-0.2, 0) is 4.43 Å². The van der Waals surface area contributed by atoms with Crippen molar-refractivity contribution in [1.82, 2.24) is 5.32 Å². The van der Waals surface area contributed by atoms with Gasteiger partial charge < -0.3 is 20.0 Å². The number of amides is 1. The first-order chi connectivity index (χ1) is 11.0. The maximum atomic E-state index is 11.1. The van der Waals surface area contributed by atoms with E-state index in [2.05, 4.69) is 49.2 Å². The van der Waals surface area contributed by atoms with Gasteiger partial charge in [0.15, 0.2) is 8.32 Å². The van der Waals surface area contributed by atoms with Gasteiger partial charge in [0.2, 0.25) is 0 Å². The lowest BCUT2D eigenvalue weighted by Crippen LogP contribution is -2.56. The van der Waals surface area contributed by atoms with Crippen molar-refractivity contribution in [2.24, 2.45) is 17.0 Å². The van der Waals surface area contributed by atoms with Crippen LogP contribution < -0.4 is 5.32 Å². The Bertz CT molecular complexity index is 484. The van der Waals surface area contributed by atoms with E-state index in [0.29, 0.717) is 5.92 Å². The van der Waals surface area contributed by atoms with E-state index in [0.717, 1.165) is 12.8 Å². The van der Waals surface area contributed by atoms with Crippen LogP contribution in [0, 0.1) is 11.8 Å². The Labute approximate surface area is 144 Å². The van der Waals surface area contributed by atoms with Gasteiger partial charge in [-0.05, 0) is 48.3 Å². The number of carboxylic acid groups (broad SMARTS) is 1. The lowest BCUT2D eigenvalue weighted by Gasteiger charge is -2.43. The molecule has 1 fully saturated rings. The second-order valence-electron chi connectivity index (χ2n) is 8.00. The number of nitrogens with one attached hydrogen (secondary N) is 1. The minimum atomic E-state index is -2.20. The van der Waals surface area contributed by atoms with Crippen LogP contribution >= 0.6 is 0 Å². The van der Waals surface area contributed by atoms with Gasteiger partial charge in [0, 0.05) is 11.5 Å². The summed E-state index contributed by atoms with van der Waals surface area (Å²) in [5.41, 5.74) is 8.67. The van der Waals surface area contributed by atoms with E-state index in [1.807, 2.05) is 0 Å². The summed E-state index contributed by atoms with van der Waals surface area (Å²) in [7, 11) is -2.20. The van der Waals surface area contributed by atoms with Gasteiger partial charge in [0.25, 0.3) is 0 Å². The Kier molecular flexibility index (Phi) is 7.09. The van der Waals surface area contributed by atoms with Crippen molar-refractivity contribution in [2.45, 2.75) is 63.9 Å². The molecule has 1 saturated carbocycles. The zero-order valence-electron chi connectivity index (χ0n) is 15.2. The molecule has 0 unspecified atom stereocenters. The molecule has 24 heavy (non-hydrogen) atoms. The quantitative estimate of drug-likeness (QED) is 0.253. The molecule has 0 aromatic heterocycles. The van der Waals surface area contributed by atoms with Gasteiger partial charge in [0.05, 0.1) is 18.8 Å². The smallest absolute Gasteiger partial charge is 0.405 e. The zero-order valence-corrected chi connectivity index (χ0v) is 16.2. The molecule has 8 nitrogen and oxygen atoms in total. The minimum Gasteiger partial charge on any atom is -0.465 e. The van der Waals surface area contributed by atoms with Gasteiger partial charge in [-0.25, -0.2) is 4.79 Å². The van der Waals surface area contributed by atoms with E-state index in [1.165, 1.54) is 0 Å². The topological polar surface area (TPSA) is 128 Å². The van der Waals surface area contributed by atoms with Crippen LogP contribution in [0.25, 0.3) is 10.4 Å². The molecule has 0 aromatic rings. The van der Waals surface area contributed by atoms with Gasteiger partial charge in [-0.3, -0.25) is 0 Å². The average Bonchev–Trinajstić information content (AvgIpc) is 3.27. The first kappa shape index (κ1) is 20.8. The number of aliphatic hydroxyl groups is 1. The molecule has 0 bridgehead atoms. The van der Waals surface area contributed by atoms with Crippen LogP contribution in [0.4, 0.5) is 4.79 Å². The van der Waals surface area contributed by atoms with Crippen molar-refractivity contribution in [1.29, 1.82) is 0 Å². The fourth-order valence-corrected chi connectivity index (χ4v) is 3.92. The number of rotatable bonds is 9. The molecule has 0 saturated heterocycles. The Hall–Kier alpha value is -1.28. The fraction of sp³-hybridized carbons (Fsp3) is 0.933. The number of azide groups is 1. The predicted octanol–water partition coefficient (Wildman–Crippen LogP) is 3.34. The number of aliphatic hydroxyl groups excluding tert-OH is 1. The van der Waals surface area contributed by atoms with Crippen LogP contribution in [-0.4, -0.2) is 49.9 Å². The minimum absolute atomic E-state index is 0.0545. The highest BCUT2D eigenvalue weighted by atomic mass is 28.4. The maximum absolute atomic E-state index is 11.1. The van der Waals surface area contributed by atoms with Crippen LogP contribution in [0.2, 0.25) is 18.1 Å². The summed E-state index contributed by atoms with van der Waals surface area (Å²) in [5, 5.41) is 24.8. The van der Waals surface area contributed by atoms with Crippen molar-refractivity contribution in [3.8, 4) is 0 Å². The summed E-state index contributed by atoms with van der Waals surface area (Å²) in [5.74, 6) is 0.244. The van der Waals surface area contributed by atoms with Crippen LogP contribution in [0.15, 0.2) is 5.11 Å². The third-order valence-corrected chi connectivity index (χ3v) is 9.62. The third-order valence-electron chi connectivity index (χ3n) is 5.14. The van der Waals surface area contributed by atoms with E-state index in [9.17, 15) is 9.90 Å². The van der Waals surface area contributed by atoms with Crippen molar-refractivity contribution < 1.29 is 19.4 Å². The zero-order chi connectivity index (χ0) is 18.5. The molecule has 3 atom stereocenters. The number of hydrogen-bond donors (Lipinski definition) is 3. The first-order valence-corrected chi connectivity index (χ1v) is 11.2. The van der Waals surface area contributed by atoms with Gasteiger partial charge in [-0.1, -0.05) is 25.9 Å². The normalized spacial score (nSPS) is 19.1. The molecule has 0 heterocycles. The van der Waals surface area contributed by atoms with E-state index in [1.54, 1.807) is 0 Å². The van der Waals surface area contributed by atoms with Crippen molar-refractivity contribution in [2.75, 3.05) is 13.2 Å². The van der Waals surface area contributed by atoms with Gasteiger partial charge >= 0.3 is 6.09 Å². The largest absolute Gasteiger partial charge is 0.465 e. The SMILES string of the molecule is CC(C)(C)[Si](C)(C)O[C@@H]([C@H](CN=[N+]=[N-])C1CC1)[C@@H](CO)NC(=O)O. The molecule has 1 aliphatic rings. The van der Waals surface area contributed by atoms with Gasteiger partial charge in [-0.2, -0.15) is 0 Å². The molecule has 138 valence electrons. The summed E-state index contributed by atoms with van der Waals surface area (Å²) in [6.45, 7) is 10.4. The van der Waals surface area contributed by atoms with Crippen molar-refractivity contribution >= 4 is 14.4 Å². The Morgan fingerprint density at radius 2 is 2.04 bits per heavy atom. The Balaban J connectivity index is 3.12. The second-order valence-corrected chi connectivity index (χ2v) is 12.8. The Morgan fingerprint density at radius 3 is 2.42 bits per heavy atom. The lowest BCUT2D eigenvalue weighted by atomic mass is 9.92. The fourth-order valence-electron chi connectivity index (χ4n) is 2.55. The highest BCUT2D eigenvalue weighted by Crippen LogP contribution is 2.44. The highest BCUT2D eigenvalue weighted by Gasteiger charge is 2.46. The van der Waals surface area contributed by atoms with E-state index in [4.69, 9.17) is 15.1 Å². The summed E-state index contributed by atoms with van der Waals surface area (Å²) >= 11 is 0. The average molecular weight is 359 g/mol. The molecule has 3 N–H and O–H groups in total. The van der Waals surface area contributed by atoms with E-state index >= 15 is 0 Å². The number of carbonyl (C=O) groups is 1. The summed E-state index contributed by atoms with van der Waals surface area (Å²) in [6.07, 6.45) is 0.309. The summed E-state index contributed by atoms with van der Waals surface area (Å²) < 4.78 is 6.49. The summed E-state index contributed by atoms with van der Waals surface area (Å²) in [6, 6.07) is -0.740. The molecule has 9 heteroatoms. The second kappa shape index (κ2) is 8.20. The molecule has 0 spiro atoms. The van der Waals surface area contributed by atoms with E-state index < -0.39 is 26.6 Å². The van der Waals surface area contributed by atoms with Crippen LogP contribution in [0.1, 0.15) is 33.6 Å². The van der Waals surface area contributed by atoms with Gasteiger partial charge in [-0.15, -0.1) is 0 Å². The van der Waals surface area contributed by atoms with Crippen LogP contribution in [0.5, 0.6) is 0 Å². The third kappa shape index (κ3) is 5.66. The Morgan fingerprint density at radius 1 is 1.46 bits per heavy atom. The van der Waals surface area contributed by atoms with Gasteiger partial charge in [0.1, 0.15) is 0 Å². The molecular formula is C15H30N4O4Si. The maximum Gasteiger partial charge on any atom is 0.405 e. The van der Waals surface area contributed by atoms with Crippen molar-refractivity contribution in [3.05, 3.63) is 10.4 Å². The standard InChI is InChI=1S/C15H30N4O4Si/c1-15(2,3)24(4,5)23-13(12(9-20)18-14(21)22)11(8-17-19-16)10-6-7-10/h10-13,18,20H,6-9H2,1-5H3,(H,21,22)/t11-,12-,13+/m1/s1. The molecule has 1 rings (SSSR count). The monoisotopic (exact) mass is 358 g/mol. The number of nitrogens with zero attached hydrogens (tertiary/aromatic N) is 3.